The number of aromatic nitrogens is 1. The number of aryl methyl sites for hydroxylation is 1. The zero-order chi connectivity index (χ0) is 15.7. The van der Waals surface area contributed by atoms with E-state index in [9.17, 15) is 4.79 Å². The summed E-state index contributed by atoms with van der Waals surface area (Å²) in [6.07, 6.45) is 1.87. The van der Waals surface area contributed by atoms with Gasteiger partial charge in [-0.25, -0.2) is 0 Å². The Hall–Kier alpha value is -2.26. The third kappa shape index (κ3) is 2.72. The molecular weight excluding hydrogens is 296 g/mol. The number of carbonyl (C=O) groups is 1. The largest absolute Gasteiger partial charge is 0.350 e. The highest BCUT2D eigenvalue weighted by Crippen LogP contribution is 2.22. The molecule has 0 radical (unpaired) electrons. The number of benzene rings is 2. The minimum atomic E-state index is -0.0799. The molecule has 1 amide bonds. The molecule has 0 aliphatic rings. The van der Waals surface area contributed by atoms with Crippen LogP contribution in [0.1, 0.15) is 28.9 Å². The molecular formula is C18H17ClN2O. The molecule has 0 bridgehead atoms. The van der Waals surface area contributed by atoms with E-state index in [1.54, 1.807) is 0 Å². The normalized spacial score (nSPS) is 12.3. The zero-order valence-electron chi connectivity index (χ0n) is 12.5. The number of fused-ring (bicyclic) bond motifs is 1. The molecule has 0 saturated heterocycles. The van der Waals surface area contributed by atoms with Gasteiger partial charge in [0, 0.05) is 29.2 Å². The Morgan fingerprint density at radius 1 is 1.14 bits per heavy atom. The quantitative estimate of drug-likeness (QED) is 0.767. The molecule has 1 N–H and O–H groups in total. The highest BCUT2D eigenvalue weighted by molar-refractivity contribution is 6.30. The third-order valence-corrected chi connectivity index (χ3v) is 4.11. The van der Waals surface area contributed by atoms with Gasteiger partial charge in [-0.1, -0.05) is 41.9 Å². The molecule has 0 saturated carbocycles. The van der Waals surface area contributed by atoms with Crippen molar-refractivity contribution in [2.45, 2.75) is 13.0 Å². The van der Waals surface area contributed by atoms with E-state index >= 15 is 0 Å². The van der Waals surface area contributed by atoms with Crippen LogP contribution in [0.25, 0.3) is 10.9 Å². The van der Waals surface area contributed by atoms with Crippen LogP contribution in [0.5, 0.6) is 0 Å². The molecule has 3 rings (SSSR count). The van der Waals surface area contributed by atoms with Crippen molar-refractivity contribution in [3.63, 3.8) is 0 Å². The standard InChI is InChI=1S/C18H17ClN2O/c1-12(13-7-9-14(19)10-8-13)20-18(22)16-11-21(2)17-6-4-3-5-15(16)17/h3-12H,1-2H3,(H,20,22)/t12-/m1/s1. The molecule has 0 spiro atoms. The first kappa shape index (κ1) is 14.7. The molecule has 3 aromatic rings. The molecule has 0 unspecified atom stereocenters. The Bertz CT molecular complexity index is 821. The number of carbonyl (C=O) groups excluding carboxylic acids is 1. The summed E-state index contributed by atoms with van der Waals surface area (Å²) in [5.41, 5.74) is 2.77. The van der Waals surface area contributed by atoms with Gasteiger partial charge in [-0.3, -0.25) is 4.79 Å². The van der Waals surface area contributed by atoms with E-state index in [0.717, 1.165) is 16.5 Å². The first-order valence-corrected chi connectivity index (χ1v) is 7.54. The van der Waals surface area contributed by atoms with E-state index in [4.69, 9.17) is 11.6 Å². The second-order valence-electron chi connectivity index (χ2n) is 5.42. The van der Waals surface area contributed by atoms with Gasteiger partial charge in [0.2, 0.25) is 0 Å². The van der Waals surface area contributed by atoms with Gasteiger partial charge < -0.3 is 9.88 Å². The molecule has 112 valence electrons. The van der Waals surface area contributed by atoms with Crippen LogP contribution < -0.4 is 5.32 Å². The van der Waals surface area contributed by atoms with Crippen LogP contribution >= 0.6 is 11.6 Å². The van der Waals surface area contributed by atoms with Crippen molar-refractivity contribution in [2.75, 3.05) is 0 Å². The van der Waals surface area contributed by atoms with E-state index in [0.29, 0.717) is 10.6 Å². The molecule has 0 aliphatic heterocycles. The average molecular weight is 313 g/mol. The maximum Gasteiger partial charge on any atom is 0.253 e. The zero-order valence-corrected chi connectivity index (χ0v) is 13.3. The van der Waals surface area contributed by atoms with Crippen molar-refractivity contribution in [3.05, 3.63) is 70.9 Å². The fourth-order valence-corrected chi connectivity index (χ4v) is 2.76. The molecule has 22 heavy (non-hydrogen) atoms. The van der Waals surface area contributed by atoms with Crippen molar-refractivity contribution >= 4 is 28.4 Å². The van der Waals surface area contributed by atoms with Crippen LogP contribution in [-0.2, 0) is 7.05 Å². The van der Waals surface area contributed by atoms with E-state index in [1.165, 1.54) is 0 Å². The molecule has 2 aromatic carbocycles. The summed E-state index contributed by atoms with van der Waals surface area (Å²) in [7, 11) is 1.95. The number of amides is 1. The predicted octanol–water partition coefficient (Wildman–Crippen LogP) is 4.32. The second kappa shape index (κ2) is 5.85. The molecule has 0 fully saturated rings. The van der Waals surface area contributed by atoms with E-state index in [1.807, 2.05) is 73.3 Å². The van der Waals surface area contributed by atoms with Crippen LogP contribution in [0.4, 0.5) is 0 Å². The van der Waals surface area contributed by atoms with Crippen LogP contribution in [0.15, 0.2) is 54.7 Å². The van der Waals surface area contributed by atoms with E-state index in [2.05, 4.69) is 5.32 Å². The van der Waals surface area contributed by atoms with E-state index < -0.39 is 0 Å². The van der Waals surface area contributed by atoms with Gasteiger partial charge in [0.05, 0.1) is 11.6 Å². The molecule has 1 atom stereocenters. The van der Waals surface area contributed by atoms with Crippen LogP contribution in [0.3, 0.4) is 0 Å². The summed E-state index contributed by atoms with van der Waals surface area (Å²) >= 11 is 5.90. The third-order valence-electron chi connectivity index (χ3n) is 3.86. The lowest BCUT2D eigenvalue weighted by Crippen LogP contribution is -2.26. The van der Waals surface area contributed by atoms with Crippen LogP contribution in [-0.4, -0.2) is 10.5 Å². The summed E-state index contributed by atoms with van der Waals surface area (Å²) in [5.74, 6) is -0.0701. The number of halogens is 1. The van der Waals surface area contributed by atoms with Crippen molar-refractivity contribution in [1.29, 1.82) is 0 Å². The van der Waals surface area contributed by atoms with Gasteiger partial charge in [-0.15, -0.1) is 0 Å². The number of para-hydroxylation sites is 1. The lowest BCUT2D eigenvalue weighted by atomic mass is 10.1. The van der Waals surface area contributed by atoms with Gasteiger partial charge in [0.25, 0.3) is 5.91 Å². The summed E-state index contributed by atoms with van der Waals surface area (Å²) in [4.78, 5) is 12.6. The minimum absolute atomic E-state index is 0.0701. The number of hydrogen-bond acceptors (Lipinski definition) is 1. The van der Waals surface area contributed by atoms with Gasteiger partial charge in [-0.2, -0.15) is 0 Å². The maximum absolute atomic E-state index is 12.6. The van der Waals surface area contributed by atoms with Gasteiger partial charge in [-0.05, 0) is 30.7 Å². The highest BCUT2D eigenvalue weighted by Gasteiger charge is 2.16. The Labute approximate surface area is 134 Å². The lowest BCUT2D eigenvalue weighted by molar-refractivity contribution is 0.0941. The number of rotatable bonds is 3. The number of hydrogen-bond donors (Lipinski definition) is 1. The summed E-state index contributed by atoms with van der Waals surface area (Å²) < 4.78 is 1.97. The minimum Gasteiger partial charge on any atom is -0.350 e. The predicted molar refractivity (Wildman–Crippen MR) is 90.3 cm³/mol. The monoisotopic (exact) mass is 312 g/mol. The Morgan fingerprint density at radius 3 is 2.55 bits per heavy atom. The van der Waals surface area contributed by atoms with Crippen molar-refractivity contribution in [1.82, 2.24) is 9.88 Å². The smallest absolute Gasteiger partial charge is 0.253 e. The fraction of sp³-hybridized carbons (Fsp3) is 0.167. The second-order valence-corrected chi connectivity index (χ2v) is 5.85. The van der Waals surface area contributed by atoms with Crippen molar-refractivity contribution in [3.8, 4) is 0 Å². The van der Waals surface area contributed by atoms with Crippen molar-refractivity contribution < 1.29 is 4.79 Å². The molecule has 1 heterocycles. The average Bonchev–Trinajstić information content (AvgIpc) is 2.86. The van der Waals surface area contributed by atoms with Crippen LogP contribution in [0, 0.1) is 0 Å². The Morgan fingerprint density at radius 2 is 1.82 bits per heavy atom. The first-order valence-electron chi connectivity index (χ1n) is 7.16. The van der Waals surface area contributed by atoms with Gasteiger partial charge in [0.15, 0.2) is 0 Å². The molecule has 0 aliphatic carbocycles. The highest BCUT2D eigenvalue weighted by atomic mass is 35.5. The topological polar surface area (TPSA) is 34.0 Å². The van der Waals surface area contributed by atoms with Crippen LogP contribution in [0.2, 0.25) is 5.02 Å². The molecule has 4 heteroatoms. The SMILES string of the molecule is C[C@@H](NC(=O)c1cn(C)c2ccccc12)c1ccc(Cl)cc1. The fourth-order valence-electron chi connectivity index (χ4n) is 2.63. The summed E-state index contributed by atoms with van der Waals surface area (Å²) in [6.45, 7) is 1.96. The summed E-state index contributed by atoms with van der Waals surface area (Å²) in [6, 6.07) is 15.3. The first-order chi connectivity index (χ1) is 10.6. The Balaban J connectivity index is 1.85. The van der Waals surface area contributed by atoms with Gasteiger partial charge >= 0.3 is 0 Å². The maximum atomic E-state index is 12.6. The molecule has 1 aromatic heterocycles. The lowest BCUT2D eigenvalue weighted by Gasteiger charge is -2.14. The summed E-state index contributed by atoms with van der Waals surface area (Å²) in [5, 5.41) is 4.70. The van der Waals surface area contributed by atoms with Gasteiger partial charge in [0.1, 0.15) is 0 Å². The number of nitrogens with one attached hydrogen (secondary N) is 1. The Kier molecular flexibility index (Phi) is 3.90. The molecule has 3 nitrogen and oxygen atoms in total. The number of nitrogens with zero attached hydrogens (tertiary/aromatic N) is 1. The van der Waals surface area contributed by atoms with E-state index in [-0.39, 0.29) is 11.9 Å². The van der Waals surface area contributed by atoms with Crippen molar-refractivity contribution in [2.24, 2.45) is 7.05 Å².